The number of anilines is 1. The maximum Gasteiger partial charge on any atom is 0.338 e. The number of benzene rings is 1. The monoisotopic (exact) mass is 227 g/mol. The van der Waals surface area contributed by atoms with Gasteiger partial charge in [0, 0.05) is 18.2 Å². The molecule has 0 heterocycles. The second kappa shape index (κ2) is 5.46. The number of rotatable bonds is 4. The molecule has 5 heteroatoms. The van der Waals surface area contributed by atoms with Crippen molar-refractivity contribution in [1.29, 1.82) is 0 Å². The average molecular weight is 227 g/mol. The topological polar surface area (TPSA) is 72.5 Å². The van der Waals surface area contributed by atoms with Gasteiger partial charge in [-0.2, -0.15) is 0 Å². The Hall–Kier alpha value is -1.62. The molecule has 16 heavy (non-hydrogen) atoms. The first-order chi connectivity index (χ1) is 7.52. The molecule has 1 unspecified atom stereocenters. The van der Waals surface area contributed by atoms with E-state index in [9.17, 15) is 9.18 Å². The van der Waals surface area contributed by atoms with E-state index in [1.807, 2.05) is 0 Å². The molecule has 0 saturated heterocycles. The molecular formula is C11H14FNO3. The molecule has 1 rings (SSSR count). The summed E-state index contributed by atoms with van der Waals surface area (Å²) in [6, 6.07) is 3.52. The summed E-state index contributed by atoms with van der Waals surface area (Å²) in [7, 11) is 0. The summed E-state index contributed by atoms with van der Waals surface area (Å²) in [6.07, 6.45) is 0. The van der Waals surface area contributed by atoms with E-state index in [2.05, 4.69) is 0 Å². The fourth-order valence-corrected chi connectivity index (χ4v) is 1.08. The molecule has 0 aliphatic rings. The molecule has 0 aliphatic heterocycles. The zero-order valence-corrected chi connectivity index (χ0v) is 8.94. The lowest BCUT2D eigenvalue weighted by atomic mass is 10.2. The highest BCUT2D eigenvalue weighted by molar-refractivity contribution is 5.90. The lowest BCUT2D eigenvalue weighted by Crippen LogP contribution is -2.15. The van der Waals surface area contributed by atoms with Crippen LogP contribution in [-0.2, 0) is 4.74 Å². The first kappa shape index (κ1) is 12.4. The third-order valence-corrected chi connectivity index (χ3v) is 1.97. The summed E-state index contributed by atoms with van der Waals surface area (Å²) in [5.74, 6) is -1.37. The summed E-state index contributed by atoms with van der Waals surface area (Å²) < 4.78 is 17.8. The van der Waals surface area contributed by atoms with Crippen molar-refractivity contribution < 1.29 is 19.0 Å². The smallest absolute Gasteiger partial charge is 0.338 e. The second-order valence-corrected chi connectivity index (χ2v) is 3.66. The number of hydrogen-bond acceptors (Lipinski definition) is 4. The van der Waals surface area contributed by atoms with Crippen LogP contribution in [0.5, 0.6) is 0 Å². The van der Waals surface area contributed by atoms with Gasteiger partial charge < -0.3 is 15.6 Å². The Morgan fingerprint density at radius 1 is 1.56 bits per heavy atom. The highest BCUT2D eigenvalue weighted by atomic mass is 19.1. The number of aliphatic hydroxyl groups excluding tert-OH is 1. The van der Waals surface area contributed by atoms with Crippen LogP contribution in [0.25, 0.3) is 0 Å². The average Bonchev–Trinajstić information content (AvgIpc) is 2.23. The van der Waals surface area contributed by atoms with Gasteiger partial charge in [0.2, 0.25) is 0 Å². The quantitative estimate of drug-likeness (QED) is 0.598. The Morgan fingerprint density at radius 2 is 2.25 bits per heavy atom. The molecule has 0 radical (unpaired) electrons. The Balaban J connectivity index is 2.66. The van der Waals surface area contributed by atoms with E-state index < -0.39 is 11.8 Å². The number of aliphatic hydroxyl groups is 1. The molecule has 0 aliphatic carbocycles. The van der Waals surface area contributed by atoms with Gasteiger partial charge in [-0.15, -0.1) is 0 Å². The minimum absolute atomic E-state index is 0.0709. The number of nitrogen functional groups attached to an aromatic ring is 1. The lowest BCUT2D eigenvalue weighted by Gasteiger charge is -2.09. The van der Waals surface area contributed by atoms with Crippen molar-refractivity contribution in [2.45, 2.75) is 6.92 Å². The molecule has 0 spiro atoms. The fraction of sp³-hybridized carbons (Fsp3) is 0.364. The number of halogens is 1. The lowest BCUT2D eigenvalue weighted by molar-refractivity contribution is 0.0405. The Kier molecular flexibility index (Phi) is 4.25. The molecule has 1 aromatic rings. The Morgan fingerprint density at radius 3 is 2.81 bits per heavy atom. The summed E-state index contributed by atoms with van der Waals surface area (Å²) >= 11 is 0. The zero-order chi connectivity index (χ0) is 12.1. The van der Waals surface area contributed by atoms with Crippen LogP contribution in [0.3, 0.4) is 0 Å². The van der Waals surface area contributed by atoms with Crippen molar-refractivity contribution >= 4 is 11.7 Å². The van der Waals surface area contributed by atoms with E-state index in [1.165, 1.54) is 6.07 Å². The van der Waals surface area contributed by atoms with Crippen molar-refractivity contribution in [3.05, 3.63) is 29.6 Å². The molecule has 0 bridgehead atoms. The molecule has 0 saturated carbocycles. The van der Waals surface area contributed by atoms with E-state index >= 15 is 0 Å². The predicted molar refractivity (Wildman–Crippen MR) is 57.3 cm³/mol. The van der Waals surface area contributed by atoms with Crippen LogP contribution in [0.1, 0.15) is 17.3 Å². The molecule has 88 valence electrons. The highest BCUT2D eigenvalue weighted by Gasteiger charge is 2.11. The Bertz CT molecular complexity index is 361. The van der Waals surface area contributed by atoms with Gasteiger partial charge in [-0.25, -0.2) is 9.18 Å². The van der Waals surface area contributed by atoms with Crippen molar-refractivity contribution in [2.75, 3.05) is 18.9 Å². The van der Waals surface area contributed by atoms with Gasteiger partial charge in [0.05, 0.1) is 12.2 Å². The molecular weight excluding hydrogens is 213 g/mol. The number of carbonyl (C=O) groups excluding carboxylic acids is 1. The molecule has 0 fully saturated rings. The Labute approximate surface area is 92.8 Å². The fourth-order valence-electron chi connectivity index (χ4n) is 1.08. The number of ether oxygens (including phenoxy) is 1. The van der Waals surface area contributed by atoms with Crippen LogP contribution < -0.4 is 5.73 Å². The van der Waals surface area contributed by atoms with Crippen molar-refractivity contribution in [1.82, 2.24) is 0 Å². The minimum atomic E-state index is -0.647. The van der Waals surface area contributed by atoms with Crippen molar-refractivity contribution in [3.63, 3.8) is 0 Å². The molecule has 1 aromatic carbocycles. The molecule has 0 amide bonds. The molecule has 0 aromatic heterocycles. The summed E-state index contributed by atoms with van der Waals surface area (Å²) in [4.78, 5) is 11.4. The maximum absolute atomic E-state index is 12.9. The standard InChI is InChI=1S/C11H14FNO3/c1-7(5-14)6-16-11(15)8-2-9(12)4-10(13)3-8/h2-4,7,14H,5-6,13H2,1H3. The summed E-state index contributed by atoms with van der Waals surface area (Å²) in [5, 5.41) is 8.74. The number of carbonyl (C=O) groups is 1. The summed E-state index contributed by atoms with van der Waals surface area (Å²) in [6.45, 7) is 1.75. The van der Waals surface area contributed by atoms with Crippen molar-refractivity contribution in [2.24, 2.45) is 5.92 Å². The normalized spacial score (nSPS) is 12.2. The van der Waals surface area contributed by atoms with Crippen LogP contribution in [0.15, 0.2) is 18.2 Å². The molecule has 4 nitrogen and oxygen atoms in total. The van der Waals surface area contributed by atoms with E-state index in [-0.39, 0.29) is 30.4 Å². The maximum atomic E-state index is 12.9. The summed E-state index contributed by atoms with van der Waals surface area (Å²) in [5.41, 5.74) is 5.63. The van der Waals surface area contributed by atoms with Gasteiger partial charge in [0.15, 0.2) is 0 Å². The zero-order valence-electron chi connectivity index (χ0n) is 8.94. The van der Waals surface area contributed by atoms with Crippen LogP contribution in [0, 0.1) is 11.7 Å². The molecule has 1 atom stereocenters. The largest absolute Gasteiger partial charge is 0.462 e. The first-order valence-corrected chi connectivity index (χ1v) is 4.87. The second-order valence-electron chi connectivity index (χ2n) is 3.66. The minimum Gasteiger partial charge on any atom is -0.462 e. The van der Waals surface area contributed by atoms with E-state index in [0.29, 0.717) is 0 Å². The SMILES string of the molecule is CC(CO)COC(=O)c1cc(N)cc(F)c1. The predicted octanol–water partition coefficient (Wildman–Crippen LogP) is 1.19. The number of esters is 1. The first-order valence-electron chi connectivity index (χ1n) is 4.87. The van der Waals surface area contributed by atoms with Crippen LogP contribution >= 0.6 is 0 Å². The molecule has 3 N–H and O–H groups in total. The van der Waals surface area contributed by atoms with Crippen LogP contribution in [0.2, 0.25) is 0 Å². The number of hydrogen-bond donors (Lipinski definition) is 2. The third-order valence-electron chi connectivity index (χ3n) is 1.97. The van der Waals surface area contributed by atoms with E-state index in [4.69, 9.17) is 15.6 Å². The van der Waals surface area contributed by atoms with Gasteiger partial charge in [-0.05, 0) is 18.2 Å². The van der Waals surface area contributed by atoms with Crippen LogP contribution in [0.4, 0.5) is 10.1 Å². The van der Waals surface area contributed by atoms with Gasteiger partial charge in [0.25, 0.3) is 0 Å². The van der Waals surface area contributed by atoms with Gasteiger partial charge in [0.1, 0.15) is 5.82 Å². The third kappa shape index (κ3) is 3.51. The number of nitrogens with two attached hydrogens (primary N) is 1. The van der Waals surface area contributed by atoms with Gasteiger partial charge in [-0.3, -0.25) is 0 Å². The van der Waals surface area contributed by atoms with Crippen molar-refractivity contribution in [3.8, 4) is 0 Å². The van der Waals surface area contributed by atoms with Crippen LogP contribution in [-0.4, -0.2) is 24.3 Å². The van der Waals surface area contributed by atoms with Gasteiger partial charge >= 0.3 is 5.97 Å². The van der Waals surface area contributed by atoms with E-state index in [0.717, 1.165) is 12.1 Å². The van der Waals surface area contributed by atoms with Gasteiger partial charge in [-0.1, -0.05) is 6.92 Å². The van der Waals surface area contributed by atoms with E-state index in [1.54, 1.807) is 6.92 Å². The highest BCUT2D eigenvalue weighted by Crippen LogP contribution is 2.12.